The summed E-state index contributed by atoms with van der Waals surface area (Å²) >= 11 is 3.24. The number of nitrogen functional groups attached to an aromatic ring is 1. The molecule has 1 aromatic carbocycles. The van der Waals surface area contributed by atoms with E-state index in [1.54, 1.807) is 12.1 Å². The standard InChI is InChI=1S/C11H17BrN2O3S/c1-3-9(7-17-2)14-18(15,16)11-5-4-8(12)6-10(11)13/h4-6,9,14H,3,7,13H2,1-2H3. The lowest BCUT2D eigenvalue weighted by Crippen LogP contribution is -2.37. The van der Waals surface area contributed by atoms with Crippen LogP contribution in [0.2, 0.25) is 0 Å². The van der Waals surface area contributed by atoms with E-state index in [0.717, 1.165) is 4.47 Å². The van der Waals surface area contributed by atoms with E-state index in [1.807, 2.05) is 6.92 Å². The van der Waals surface area contributed by atoms with Crippen LogP contribution in [0.1, 0.15) is 13.3 Å². The predicted molar refractivity (Wildman–Crippen MR) is 74.8 cm³/mol. The van der Waals surface area contributed by atoms with E-state index in [4.69, 9.17) is 10.5 Å². The molecule has 1 aromatic rings. The molecule has 0 saturated heterocycles. The molecule has 0 amide bonds. The van der Waals surface area contributed by atoms with Gasteiger partial charge in [0.1, 0.15) is 4.90 Å². The minimum atomic E-state index is -3.62. The number of methoxy groups -OCH3 is 1. The largest absolute Gasteiger partial charge is 0.398 e. The van der Waals surface area contributed by atoms with Gasteiger partial charge in [-0.15, -0.1) is 0 Å². The van der Waals surface area contributed by atoms with Gasteiger partial charge in [0.2, 0.25) is 10.0 Å². The van der Waals surface area contributed by atoms with Gasteiger partial charge in [-0.3, -0.25) is 0 Å². The number of sulfonamides is 1. The number of halogens is 1. The van der Waals surface area contributed by atoms with E-state index < -0.39 is 10.0 Å². The zero-order valence-corrected chi connectivity index (χ0v) is 12.7. The molecule has 0 aliphatic carbocycles. The quantitative estimate of drug-likeness (QED) is 0.775. The first-order chi connectivity index (χ1) is 8.40. The summed E-state index contributed by atoms with van der Waals surface area (Å²) in [4.78, 5) is 0.0836. The summed E-state index contributed by atoms with van der Waals surface area (Å²) in [6.07, 6.45) is 0.642. The number of ether oxygens (including phenoxy) is 1. The molecule has 3 N–H and O–H groups in total. The minimum Gasteiger partial charge on any atom is -0.398 e. The molecule has 0 spiro atoms. The van der Waals surface area contributed by atoms with Crippen LogP contribution in [0.5, 0.6) is 0 Å². The average Bonchev–Trinajstić information content (AvgIpc) is 2.27. The van der Waals surface area contributed by atoms with Crippen LogP contribution in [-0.2, 0) is 14.8 Å². The first-order valence-electron chi connectivity index (χ1n) is 5.47. The lowest BCUT2D eigenvalue weighted by molar-refractivity contribution is 0.173. The Hall–Kier alpha value is -0.630. The first kappa shape index (κ1) is 15.4. The highest BCUT2D eigenvalue weighted by molar-refractivity contribution is 9.10. The van der Waals surface area contributed by atoms with E-state index >= 15 is 0 Å². The molecule has 1 rings (SSSR count). The van der Waals surface area contributed by atoms with Crippen molar-refractivity contribution in [3.8, 4) is 0 Å². The number of anilines is 1. The van der Waals surface area contributed by atoms with Gasteiger partial charge < -0.3 is 10.5 Å². The molecular formula is C11H17BrN2O3S. The molecule has 0 heterocycles. The third kappa shape index (κ3) is 3.94. The first-order valence-corrected chi connectivity index (χ1v) is 7.74. The van der Waals surface area contributed by atoms with Crippen LogP contribution in [0.25, 0.3) is 0 Å². The summed E-state index contributed by atoms with van der Waals surface area (Å²) in [5.41, 5.74) is 5.93. The van der Waals surface area contributed by atoms with Gasteiger partial charge in [-0.25, -0.2) is 13.1 Å². The van der Waals surface area contributed by atoms with E-state index in [9.17, 15) is 8.42 Å². The Morgan fingerprint density at radius 2 is 2.17 bits per heavy atom. The third-order valence-corrected chi connectivity index (χ3v) is 4.53. The van der Waals surface area contributed by atoms with E-state index in [2.05, 4.69) is 20.7 Å². The topological polar surface area (TPSA) is 81.4 Å². The Morgan fingerprint density at radius 3 is 2.67 bits per heavy atom. The summed E-state index contributed by atoms with van der Waals surface area (Å²) in [5, 5.41) is 0. The van der Waals surface area contributed by atoms with Crippen LogP contribution >= 0.6 is 15.9 Å². The number of hydrogen-bond donors (Lipinski definition) is 2. The van der Waals surface area contributed by atoms with Crippen molar-refractivity contribution in [2.75, 3.05) is 19.5 Å². The summed E-state index contributed by atoms with van der Waals surface area (Å²) < 4.78 is 32.6. The SMILES string of the molecule is CCC(COC)NS(=O)(=O)c1ccc(Br)cc1N. The Bertz CT molecular complexity index is 505. The number of rotatable bonds is 6. The smallest absolute Gasteiger partial charge is 0.242 e. The van der Waals surface area contributed by atoms with Crippen molar-refractivity contribution in [2.45, 2.75) is 24.3 Å². The molecule has 1 unspecified atom stereocenters. The Balaban J connectivity index is 2.99. The van der Waals surface area contributed by atoms with Crippen LogP contribution in [0, 0.1) is 0 Å². The molecule has 102 valence electrons. The number of benzene rings is 1. The van der Waals surface area contributed by atoms with Crippen molar-refractivity contribution in [1.29, 1.82) is 0 Å². The van der Waals surface area contributed by atoms with Gasteiger partial charge in [-0.2, -0.15) is 0 Å². The molecule has 7 heteroatoms. The van der Waals surface area contributed by atoms with Gasteiger partial charge >= 0.3 is 0 Å². The molecule has 5 nitrogen and oxygen atoms in total. The molecule has 1 atom stereocenters. The van der Waals surface area contributed by atoms with Crippen molar-refractivity contribution < 1.29 is 13.2 Å². The number of nitrogens with one attached hydrogen (secondary N) is 1. The maximum absolute atomic E-state index is 12.1. The molecule has 18 heavy (non-hydrogen) atoms. The van der Waals surface area contributed by atoms with Gasteiger partial charge in [-0.05, 0) is 24.6 Å². The Kier molecular flexibility index (Phi) is 5.58. The summed E-state index contributed by atoms with van der Waals surface area (Å²) in [6, 6.07) is 4.41. The zero-order chi connectivity index (χ0) is 13.8. The summed E-state index contributed by atoms with van der Waals surface area (Å²) in [6.45, 7) is 2.21. The second-order valence-electron chi connectivity index (χ2n) is 3.86. The van der Waals surface area contributed by atoms with Gasteiger partial charge in [0.05, 0.1) is 12.3 Å². The van der Waals surface area contributed by atoms with Crippen LogP contribution in [0.15, 0.2) is 27.6 Å². The second kappa shape index (κ2) is 6.51. The van der Waals surface area contributed by atoms with Crippen LogP contribution in [-0.4, -0.2) is 28.2 Å². The Labute approximate surface area is 116 Å². The highest BCUT2D eigenvalue weighted by Crippen LogP contribution is 2.22. The van der Waals surface area contributed by atoms with Gasteiger partial charge in [0.15, 0.2) is 0 Å². The van der Waals surface area contributed by atoms with Crippen molar-refractivity contribution >= 4 is 31.6 Å². The van der Waals surface area contributed by atoms with E-state index in [0.29, 0.717) is 13.0 Å². The number of hydrogen-bond acceptors (Lipinski definition) is 4. The maximum Gasteiger partial charge on any atom is 0.242 e. The molecule has 0 saturated carbocycles. The van der Waals surface area contributed by atoms with Crippen molar-refractivity contribution in [3.05, 3.63) is 22.7 Å². The summed E-state index contributed by atoms with van der Waals surface area (Å²) in [5.74, 6) is 0. The lowest BCUT2D eigenvalue weighted by atomic mass is 10.3. The molecule has 0 bridgehead atoms. The number of nitrogens with two attached hydrogens (primary N) is 1. The van der Waals surface area contributed by atoms with E-state index in [1.165, 1.54) is 13.2 Å². The molecule has 0 aliphatic rings. The van der Waals surface area contributed by atoms with E-state index in [-0.39, 0.29) is 16.6 Å². The predicted octanol–water partition coefficient (Wildman–Crippen LogP) is 1.73. The fraction of sp³-hybridized carbons (Fsp3) is 0.455. The lowest BCUT2D eigenvalue weighted by Gasteiger charge is -2.17. The van der Waals surface area contributed by atoms with Crippen molar-refractivity contribution in [1.82, 2.24) is 4.72 Å². The maximum atomic E-state index is 12.1. The molecule has 0 aromatic heterocycles. The van der Waals surface area contributed by atoms with Gasteiger partial charge in [0.25, 0.3) is 0 Å². The fourth-order valence-corrected chi connectivity index (χ4v) is 3.28. The monoisotopic (exact) mass is 336 g/mol. The molecule has 0 aliphatic heterocycles. The fourth-order valence-electron chi connectivity index (χ4n) is 1.48. The second-order valence-corrected chi connectivity index (χ2v) is 6.46. The minimum absolute atomic E-state index is 0.0836. The highest BCUT2D eigenvalue weighted by Gasteiger charge is 2.21. The van der Waals surface area contributed by atoms with Gasteiger partial charge in [0, 0.05) is 17.6 Å². The molecule has 0 fully saturated rings. The third-order valence-electron chi connectivity index (χ3n) is 2.44. The van der Waals surface area contributed by atoms with Crippen molar-refractivity contribution in [2.24, 2.45) is 0 Å². The highest BCUT2D eigenvalue weighted by atomic mass is 79.9. The van der Waals surface area contributed by atoms with Gasteiger partial charge in [-0.1, -0.05) is 22.9 Å². The van der Waals surface area contributed by atoms with Crippen LogP contribution in [0.3, 0.4) is 0 Å². The molecule has 0 radical (unpaired) electrons. The zero-order valence-electron chi connectivity index (χ0n) is 10.3. The normalized spacial score (nSPS) is 13.5. The van der Waals surface area contributed by atoms with Crippen LogP contribution in [0.4, 0.5) is 5.69 Å². The average molecular weight is 337 g/mol. The van der Waals surface area contributed by atoms with Crippen LogP contribution < -0.4 is 10.5 Å². The Morgan fingerprint density at radius 1 is 1.50 bits per heavy atom. The molecular weight excluding hydrogens is 320 g/mol. The van der Waals surface area contributed by atoms with Crippen molar-refractivity contribution in [3.63, 3.8) is 0 Å². The summed E-state index contributed by atoms with van der Waals surface area (Å²) in [7, 11) is -2.08.